The molecule has 1 aliphatic heterocycles. The van der Waals surface area contributed by atoms with Crippen LogP contribution >= 0.6 is 0 Å². The van der Waals surface area contributed by atoms with Crippen LogP contribution in [-0.4, -0.2) is 34.0 Å². The highest BCUT2D eigenvalue weighted by molar-refractivity contribution is 7.89. The molecule has 1 fully saturated rings. The number of nitrogens with two attached hydrogens (primary N) is 1. The monoisotopic (exact) mass is 442 g/mol. The Balaban J connectivity index is 1.57. The minimum Gasteiger partial charge on any atom is -0.368 e. The lowest BCUT2D eigenvalue weighted by atomic mass is 9.79. The predicted molar refractivity (Wildman–Crippen MR) is 113 cm³/mol. The van der Waals surface area contributed by atoms with Gasteiger partial charge in [-0.25, -0.2) is 18.5 Å². The molecule has 2 aliphatic rings. The summed E-state index contributed by atoms with van der Waals surface area (Å²) in [5.74, 6) is 0.111. The smallest absolute Gasteiger partial charge is 0.248 e. The van der Waals surface area contributed by atoms with Gasteiger partial charge in [0.1, 0.15) is 11.2 Å². The largest absolute Gasteiger partial charge is 0.368 e. The number of hydrogen-bond acceptors (Lipinski definition) is 7. The molecule has 31 heavy (non-hydrogen) atoms. The van der Waals surface area contributed by atoms with E-state index >= 15 is 0 Å². The van der Waals surface area contributed by atoms with Gasteiger partial charge >= 0.3 is 0 Å². The number of fused-ring (bicyclic) bond motifs is 4. The number of aromatic nitrogens is 3. The maximum Gasteiger partial charge on any atom is 0.248 e. The van der Waals surface area contributed by atoms with Gasteiger partial charge < -0.3 is 20.3 Å². The van der Waals surface area contributed by atoms with Gasteiger partial charge in [-0.05, 0) is 43.2 Å². The van der Waals surface area contributed by atoms with Gasteiger partial charge in [-0.1, -0.05) is 19.3 Å². The van der Waals surface area contributed by atoms with E-state index in [1.165, 1.54) is 12.1 Å². The van der Waals surface area contributed by atoms with Crippen molar-refractivity contribution in [2.24, 2.45) is 5.14 Å². The van der Waals surface area contributed by atoms with E-state index in [2.05, 4.69) is 20.6 Å². The van der Waals surface area contributed by atoms with E-state index in [0.717, 1.165) is 24.6 Å². The Labute approximate surface area is 178 Å². The average molecular weight is 443 g/mol. The maximum atomic E-state index is 13.0. The number of hydrogen-bond donors (Lipinski definition) is 4. The molecule has 162 valence electrons. The average Bonchev–Trinajstić information content (AvgIpc) is 3.13. The van der Waals surface area contributed by atoms with E-state index in [1.807, 2.05) is 4.57 Å². The molecule has 1 aliphatic carbocycles. The zero-order valence-corrected chi connectivity index (χ0v) is 17.4. The minimum atomic E-state index is -3.77. The molecule has 0 saturated heterocycles. The number of nitrogens with zero attached hydrogens (tertiary/aromatic N) is 3. The van der Waals surface area contributed by atoms with Crippen LogP contribution in [0.5, 0.6) is 0 Å². The second-order valence-corrected chi connectivity index (χ2v) is 9.60. The van der Waals surface area contributed by atoms with Gasteiger partial charge in [-0.3, -0.25) is 4.79 Å². The molecule has 5 rings (SSSR count). The summed E-state index contributed by atoms with van der Waals surface area (Å²) in [6.45, 7) is 0. The lowest BCUT2D eigenvalue weighted by molar-refractivity contribution is -0.138. The Bertz CT molecular complexity index is 1280. The molecule has 10 nitrogen and oxygen atoms in total. The number of anilines is 2. The molecule has 3 heterocycles. The zero-order chi connectivity index (χ0) is 21.8. The molecule has 1 saturated carbocycles. The first-order chi connectivity index (χ1) is 14.8. The van der Waals surface area contributed by atoms with Crippen molar-refractivity contribution in [1.82, 2.24) is 19.9 Å². The van der Waals surface area contributed by atoms with Crippen molar-refractivity contribution >= 4 is 38.6 Å². The van der Waals surface area contributed by atoms with Crippen molar-refractivity contribution in [2.75, 3.05) is 5.32 Å². The Hall–Kier alpha value is -3.02. The zero-order valence-electron chi connectivity index (χ0n) is 16.6. The fraction of sp³-hybridized carbons (Fsp3) is 0.350. The van der Waals surface area contributed by atoms with Gasteiger partial charge in [0.15, 0.2) is 6.23 Å². The minimum absolute atomic E-state index is 0.00863. The van der Waals surface area contributed by atoms with E-state index < -0.39 is 21.8 Å². The topological polar surface area (TPSA) is 152 Å². The number of carbonyl (C=O) groups is 1. The van der Waals surface area contributed by atoms with Crippen LogP contribution < -0.4 is 15.8 Å². The number of carbonyl (C=O) groups excluding carboxylic acids is 1. The Morgan fingerprint density at radius 2 is 1.90 bits per heavy atom. The van der Waals surface area contributed by atoms with Crippen LogP contribution in [0.4, 0.5) is 11.6 Å². The van der Waals surface area contributed by atoms with Crippen LogP contribution in [0.15, 0.2) is 41.4 Å². The van der Waals surface area contributed by atoms with E-state index in [9.17, 15) is 18.3 Å². The SMILES string of the molecule is NS(=O)(=O)c1ccc(Nc2ncc3cc4n(c3n2)C2(CCCCC2)C(=O)NC4O)cc1. The highest BCUT2D eigenvalue weighted by Crippen LogP contribution is 2.43. The molecule has 5 N–H and O–H groups in total. The first-order valence-corrected chi connectivity index (χ1v) is 11.6. The maximum absolute atomic E-state index is 13.0. The van der Waals surface area contributed by atoms with Crippen molar-refractivity contribution < 1.29 is 18.3 Å². The third-order valence-electron chi connectivity index (χ3n) is 6.09. The number of primary sulfonamides is 1. The number of aliphatic hydroxyl groups is 1. The van der Waals surface area contributed by atoms with Crippen LogP contribution in [0.25, 0.3) is 11.0 Å². The van der Waals surface area contributed by atoms with Gasteiger partial charge in [-0.15, -0.1) is 0 Å². The van der Waals surface area contributed by atoms with Gasteiger partial charge in [0, 0.05) is 17.3 Å². The summed E-state index contributed by atoms with van der Waals surface area (Å²) >= 11 is 0. The molecular weight excluding hydrogens is 420 g/mol. The number of aliphatic hydroxyl groups excluding tert-OH is 1. The number of benzene rings is 1. The van der Waals surface area contributed by atoms with Crippen molar-refractivity contribution in [3.05, 3.63) is 42.2 Å². The second-order valence-electron chi connectivity index (χ2n) is 8.04. The summed E-state index contributed by atoms with van der Waals surface area (Å²) in [5, 5.41) is 22.1. The van der Waals surface area contributed by atoms with Gasteiger partial charge in [-0.2, -0.15) is 4.98 Å². The molecule has 11 heteroatoms. The predicted octanol–water partition coefficient (Wildman–Crippen LogP) is 1.60. The summed E-state index contributed by atoms with van der Waals surface area (Å²) in [6, 6.07) is 7.74. The van der Waals surface area contributed by atoms with Gasteiger partial charge in [0.2, 0.25) is 21.9 Å². The Morgan fingerprint density at radius 3 is 2.58 bits per heavy atom. The first-order valence-electron chi connectivity index (χ1n) is 10.1. The van der Waals surface area contributed by atoms with Crippen LogP contribution in [0, 0.1) is 0 Å². The summed E-state index contributed by atoms with van der Waals surface area (Å²) in [6.07, 6.45) is 4.83. The van der Waals surface area contributed by atoms with E-state index in [1.54, 1.807) is 24.4 Å². The van der Waals surface area contributed by atoms with Crippen molar-refractivity contribution in [3.63, 3.8) is 0 Å². The molecule has 1 atom stereocenters. The molecular formula is C20H22N6O4S. The second kappa shape index (κ2) is 7.01. The Kier molecular flexibility index (Phi) is 4.50. The fourth-order valence-electron chi connectivity index (χ4n) is 4.60. The van der Waals surface area contributed by atoms with Crippen molar-refractivity contribution in [2.45, 2.75) is 48.8 Å². The van der Waals surface area contributed by atoms with Gasteiger partial charge in [0.25, 0.3) is 0 Å². The number of sulfonamides is 1. The van der Waals surface area contributed by atoms with E-state index in [-0.39, 0.29) is 10.8 Å². The molecule has 2 aromatic heterocycles. The molecule has 1 amide bonds. The lowest BCUT2D eigenvalue weighted by Crippen LogP contribution is -2.55. The summed E-state index contributed by atoms with van der Waals surface area (Å²) < 4.78 is 24.7. The standard InChI is InChI=1S/C20H22N6O4S/c21-31(29,30)14-6-4-13(5-7-14)23-19-22-11-12-10-15-17(27)25-18(28)20(8-2-1-3-9-20)26(15)16(12)24-19/h4-7,10-11,17,27H,1-3,8-9H2,(H,25,28)(H2,21,29,30)(H,22,23,24). The normalized spacial score (nSPS) is 20.5. The fourth-order valence-corrected chi connectivity index (χ4v) is 5.11. The van der Waals surface area contributed by atoms with Crippen molar-refractivity contribution in [3.8, 4) is 0 Å². The quantitative estimate of drug-likeness (QED) is 0.481. The lowest BCUT2D eigenvalue weighted by Gasteiger charge is -2.43. The van der Waals surface area contributed by atoms with Gasteiger partial charge in [0.05, 0.1) is 10.6 Å². The molecule has 1 aromatic carbocycles. The molecule has 1 spiro atoms. The molecule has 1 unspecified atom stereocenters. The third-order valence-corrected chi connectivity index (χ3v) is 7.02. The highest BCUT2D eigenvalue weighted by atomic mass is 32.2. The van der Waals surface area contributed by atoms with Crippen molar-refractivity contribution in [1.29, 1.82) is 0 Å². The summed E-state index contributed by atoms with van der Waals surface area (Å²) in [7, 11) is -3.77. The molecule has 0 bridgehead atoms. The van der Waals surface area contributed by atoms with Crippen LogP contribution in [0.3, 0.4) is 0 Å². The summed E-state index contributed by atoms with van der Waals surface area (Å²) in [5.41, 5.74) is 0.990. The van der Waals surface area contributed by atoms with E-state index in [4.69, 9.17) is 5.14 Å². The number of rotatable bonds is 3. The third kappa shape index (κ3) is 3.25. The highest BCUT2D eigenvalue weighted by Gasteiger charge is 2.48. The summed E-state index contributed by atoms with van der Waals surface area (Å²) in [4.78, 5) is 21.9. The molecule has 0 radical (unpaired) electrons. The Morgan fingerprint density at radius 1 is 1.19 bits per heavy atom. The van der Waals surface area contributed by atoms with Crippen LogP contribution in [0.1, 0.15) is 44.0 Å². The molecule has 3 aromatic rings. The first kappa shape index (κ1) is 19.9. The van der Waals surface area contributed by atoms with Crippen LogP contribution in [0.2, 0.25) is 0 Å². The van der Waals surface area contributed by atoms with E-state index in [0.29, 0.717) is 35.8 Å². The number of nitrogens with one attached hydrogen (secondary N) is 2. The number of amides is 1. The van der Waals surface area contributed by atoms with Crippen LogP contribution in [-0.2, 0) is 20.4 Å².